The summed E-state index contributed by atoms with van der Waals surface area (Å²) in [7, 11) is -3.30. The third-order valence-corrected chi connectivity index (χ3v) is 5.96. The molecule has 2 aromatic carbocycles. The number of sulfone groups is 1. The molecule has 0 aliphatic carbocycles. The molecule has 8 heteroatoms. The number of H-pyrrole nitrogens is 1. The summed E-state index contributed by atoms with van der Waals surface area (Å²) in [5, 5.41) is 0.899. The summed E-state index contributed by atoms with van der Waals surface area (Å²) in [6, 6.07) is 9.90. The SMILES string of the molecule is Cc1nc(-c2cc(OCc3ccc(S(C)(=O)=O)cc3Cl)ccc2Cl)[nH]c1C. The van der Waals surface area contributed by atoms with Gasteiger partial charge in [-0.15, -0.1) is 0 Å². The average molecular weight is 425 g/mol. The van der Waals surface area contributed by atoms with Crippen molar-refractivity contribution in [2.75, 3.05) is 6.26 Å². The molecule has 0 radical (unpaired) electrons. The van der Waals surface area contributed by atoms with Crippen molar-refractivity contribution in [2.24, 2.45) is 0 Å². The van der Waals surface area contributed by atoms with E-state index in [0.29, 0.717) is 27.2 Å². The van der Waals surface area contributed by atoms with E-state index in [1.165, 1.54) is 12.1 Å². The molecule has 0 saturated carbocycles. The molecule has 1 N–H and O–H groups in total. The molecule has 0 bridgehead atoms. The first kappa shape index (κ1) is 19.7. The van der Waals surface area contributed by atoms with Gasteiger partial charge in [-0.05, 0) is 44.2 Å². The van der Waals surface area contributed by atoms with Crippen LogP contribution in [-0.2, 0) is 16.4 Å². The van der Waals surface area contributed by atoms with Crippen LogP contribution < -0.4 is 4.74 Å². The van der Waals surface area contributed by atoms with E-state index in [0.717, 1.165) is 23.2 Å². The minimum atomic E-state index is -3.30. The molecule has 5 nitrogen and oxygen atoms in total. The highest BCUT2D eigenvalue weighted by molar-refractivity contribution is 7.90. The average Bonchev–Trinajstić information content (AvgIpc) is 2.93. The van der Waals surface area contributed by atoms with E-state index in [2.05, 4.69) is 9.97 Å². The van der Waals surface area contributed by atoms with Crippen molar-refractivity contribution in [3.63, 3.8) is 0 Å². The molecule has 3 aromatic rings. The Morgan fingerprint density at radius 2 is 1.81 bits per heavy atom. The number of benzene rings is 2. The van der Waals surface area contributed by atoms with Gasteiger partial charge in [-0.2, -0.15) is 0 Å². The van der Waals surface area contributed by atoms with E-state index in [9.17, 15) is 8.42 Å². The van der Waals surface area contributed by atoms with Crippen LogP contribution >= 0.6 is 23.2 Å². The molecule has 0 saturated heterocycles. The lowest BCUT2D eigenvalue weighted by molar-refractivity contribution is 0.306. The maximum atomic E-state index is 11.6. The number of hydrogen-bond donors (Lipinski definition) is 1. The van der Waals surface area contributed by atoms with Gasteiger partial charge < -0.3 is 9.72 Å². The summed E-state index contributed by atoms with van der Waals surface area (Å²) < 4.78 is 29.0. The number of nitrogens with zero attached hydrogens (tertiary/aromatic N) is 1. The minimum Gasteiger partial charge on any atom is -0.489 e. The molecular weight excluding hydrogens is 407 g/mol. The third kappa shape index (κ3) is 4.46. The lowest BCUT2D eigenvalue weighted by Crippen LogP contribution is -2.00. The van der Waals surface area contributed by atoms with Crippen LogP contribution in [-0.4, -0.2) is 24.6 Å². The van der Waals surface area contributed by atoms with Crippen LogP contribution in [0.25, 0.3) is 11.4 Å². The van der Waals surface area contributed by atoms with Gasteiger partial charge in [-0.3, -0.25) is 0 Å². The van der Waals surface area contributed by atoms with Gasteiger partial charge in [0.05, 0.1) is 15.6 Å². The first-order valence-electron chi connectivity index (χ1n) is 8.09. The number of nitrogens with one attached hydrogen (secondary N) is 1. The normalized spacial score (nSPS) is 11.6. The molecule has 0 spiro atoms. The Morgan fingerprint density at radius 3 is 2.41 bits per heavy atom. The van der Waals surface area contributed by atoms with Crippen LogP contribution in [0.1, 0.15) is 17.0 Å². The fraction of sp³-hybridized carbons (Fsp3) is 0.211. The Balaban J connectivity index is 1.82. The van der Waals surface area contributed by atoms with Gasteiger partial charge in [0.25, 0.3) is 0 Å². The zero-order chi connectivity index (χ0) is 19.8. The maximum Gasteiger partial charge on any atom is 0.175 e. The molecule has 27 heavy (non-hydrogen) atoms. The lowest BCUT2D eigenvalue weighted by Gasteiger charge is -2.10. The molecule has 142 valence electrons. The lowest BCUT2D eigenvalue weighted by atomic mass is 10.2. The second-order valence-corrected chi connectivity index (χ2v) is 9.08. The minimum absolute atomic E-state index is 0.175. The number of ether oxygens (including phenoxy) is 1. The van der Waals surface area contributed by atoms with Crippen molar-refractivity contribution in [1.29, 1.82) is 0 Å². The van der Waals surface area contributed by atoms with Crippen LogP contribution in [0.4, 0.5) is 0 Å². The van der Waals surface area contributed by atoms with Crippen LogP contribution in [0.5, 0.6) is 5.75 Å². The quantitative estimate of drug-likeness (QED) is 0.626. The highest BCUT2D eigenvalue weighted by Crippen LogP contribution is 2.31. The van der Waals surface area contributed by atoms with Crippen molar-refractivity contribution in [3.05, 3.63) is 63.4 Å². The molecule has 0 unspecified atom stereocenters. The summed E-state index contributed by atoms with van der Waals surface area (Å²) in [4.78, 5) is 7.85. The van der Waals surface area contributed by atoms with Gasteiger partial charge in [0.1, 0.15) is 18.2 Å². The van der Waals surface area contributed by atoms with E-state index in [4.69, 9.17) is 27.9 Å². The Hall–Kier alpha value is -2.02. The molecule has 0 atom stereocenters. The molecule has 0 amide bonds. The van der Waals surface area contributed by atoms with Crippen molar-refractivity contribution < 1.29 is 13.2 Å². The molecule has 0 fully saturated rings. The fourth-order valence-electron chi connectivity index (χ4n) is 2.49. The second kappa shape index (κ2) is 7.54. The van der Waals surface area contributed by atoms with Crippen LogP contribution in [0, 0.1) is 13.8 Å². The van der Waals surface area contributed by atoms with Crippen LogP contribution in [0.2, 0.25) is 10.0 Å². The summed E-state index contributed by atoms with van der Waals surface area (Å²) >= 11 is 12.5. The standard InChI is InChI=1S/C19H18Cl2N2O3S/c1-11-12(2)23-19(22-11)16-8-14(5-7-17(16)20)26-10-13-4-6-15(9-18(13)21)27(3,24)25/h4-9H,10H2,1-3H3,(H,22,23). The fourth-order valence-corrected chi connectivity index (χ4v) is 3.64. The van der Waals surface area contributed by atoms with Gasteiger partial charge >= 0.3 is 0 Å². The number of halogens is 2. The number of aromatic amines is 1. The highest BCUT2D eigenvalue weighted by Gasteiger charge is 2.13. The van der Waals surface area contributed by atoms with Crippen LogP contribution in [0.3, 0.4) is 0 Å². The molecular formula is C19H18Cl2N2O3S. The summed E-state index contributed by atoms with van der Waals surface area (Å²) in [6.07, 6.45) is 1.14. The second-order valence-electron chi connectivity index (χ2n) is 6.25. The highest BCUT2D eigenvalue weighted by atomic mass is 35.5. The number of imidazole rings is 1. The number of hydrogen-bond acceptors (Lipinski definition) is 4. The summed E-state index contributed by atoms with van der Waals surface area (Å²) in [5.74, 6) is 1.28. The Bertz CT molecular complexity index is 1090. The number of rotatable bonds is 5. The van der Waals surface area contributed by atoms with Crippen molar-refractivity contribution in [1.82, 2.24) is 9.97 Å². The van der Waals surface area contributed by atoms with E-state index < -0.39 is 9.84 Å². The topological polar surface area (TPSA) is 72.0 Å². The predicted molar refractivity (Wildman–Crippen MR) is 107 cm³/mol. The smallest absolute Gasteiger partial charge is 0.175 e. The largest absolute Gasteiger partial charge is 0.489 e. The Kier molecular flexibility index (Phi) is 5.51. The van der Waals surface area contributed by atoms with Gasteiger partial charge in [0.15, 0.2) is 9.84 Å². The van der Waals surface area contributed by atoms with Crippen molar-refractivity contribution in [3.8, 4) is 17.1 Å². The first-order valence-corrected chi connectivity index (χ1v) is 10.7. The molecule has 3 rings (SSSR count). The van der Waals surface area contributed by atoms with Gasteiger partial charge in [-0.25, -0.2) is 13.4 Å². The van der Waals surface area contributed by atoms with Crippen molar-refractivity contribution >= 4 is 33.0 Å². The van der Waals surface area contributed by atoms with Gasteiger partial charge in [-0.1, -0.05) is 29.3 Å². The monoisotopic (exact) mass is 424 g/mol. The molecule has 1 aromatic heterocycles. The summed E-state index contributed by atoms with van der Waals surface area (Å²) in [6.45, 7) is 4.06. The molecule has 0 aliphatic rings. The molecule has 1 heterocycles. The van der Waals surface area contributed by atoms with E-state index in [-0.39, 0.29) is 11.5 Å². The third-order valence-electron chi connectivity index (χ3n) is 4.17. The number of aromatic nitrogens is 2. The predicted octanol–water partition coefficient (Wildman–Crippen LogP) is 4.98. The Labute approximate surface area is 168 Å². The number of aryl methyl sites for hydroxylation is 2. The van der Waals surface area contributed by atoms with Gasteiger partial charge in [0.2, 0.25) is 0 Å². The zero-order valence-corrected chi connectivity index (χ0v) is 17.3. The maximum absolute atomic E-state index is 11.6. The van der Waals surface area contributed by atoms with Crippen LogP contribution in [0.15, 0.2) is 41.3 Å². The first-order chi connectivity index (χ1) is 12.6. The summed E-state index contributed by atoms with van der Waals surface area (Å²) in [5.41, 5.74) is 3.31. The molecule has 0 aliphatic heterocycles. The zero-order valence-electron chi connectivity index (χ0n) is 15.0. The van der Waals surface area contributed by atoms with E-state index >= 15 is 0 Å². The van der Waals surface area contributed by atoms with Gasteiger partial charge in [0, 0.05) is 28.1 Å². The van der Waals surface area contributed by atoms with E-state index in [1.807, 2.05) is 13.8 Å². The van der Waals surface area contributed by atoms with E-state index in [1.54, 1.807) is 24.3 Å². The Morgan fingerprint density at radius 1 is 1.07 bits per heavy atom. The van der Waals surface area contributed by atoms with Crippen molar-refractivity contribution in [2.45, 2.75) is 25.3 Å².